The molecule has 0 unspecified atom stereocenters. The number of methoxy groups -OCH3 is 2. The van der Waals surface area contributed by atoms with Crippen LogP contribution < -0.4 is 25.0 Å². The predicted octanol–water partition coefficient (Wildman–Crippen LogP) is 4.76. The van der Waals surface area contributed by atoms with Crippen LogP contribution in [0.15, 0.2) is 36.4 Å². The second-order valence-corrected chi connectivity index (χ2v) is 7.25. The van der Waals surface area contributed by atoms with Gasteiger partial charge in [0, 0.05) is 19.2 Å². The summed E-state index contributed by atoms with van der Waals surface area (Å²) in [6.45, 7) is 1.35. The van der Waals surface area contributed by atoms with Crippen molar-refractivity contribution < 1.29 is 27.4 Å². The normalized spacial score (nSPS) is 14.2. The quantitative estimate of drug-likeness (QED) is 0.654. The van der Waals surface area contributed by atoms with Gasteiger partial charge in [-0.05, 0) is 49.6 Å². The number of hydrogen-bond donors (Lipinski definition) is 2. The third-order valence-corrected chi connectivity index (χ3v) is 5.14. The summed E-state index contributed by atoms with van der Waals surface area (Å²) in [6.07, 6.45) is -1.39. The lowest BCUT2D eigenvalue weighted by molar-refractivity contribution is -0.137. The van der Waals surface area contributed by atoms with Gasteiger partial charge >= 0.3 is 6.18 Å². The lowest BCUT2D eigenvalue weighted by Gasteiger charge is -2.31. The molecule has 0 spiro atoms. The number of halogens is 3. The number of benzene rings is 2. The zero-order chi connectivity index (χ0) is 22.4. The van der Waals surface area contributed by atoms with Crippen molar-refractivity contribution in [1.82, 2.24) is 0 Å². The fraction of sp³-hybridized carbons (Fsp3) is 0.409. The highest BCUT2D eigenvalue weighted by Crippen LogP contribution is 2.36. The van der Waals surface area contributed by atoms with Crippen LogP contribution in [0.2, 0.25) is 0 Å². The lowest BCUT2D eigenvalue weighted by Crippen LogP contribution is -2.31. The van der Waals surface area contributed by atoms with Crippen LogP contribution in [-0.2, 0) is 11.0 Å². The molecule has 2 aromatic rings. The monoisotopic (exact) mass is 437 g/mol. The van der Waals surface area contributed by atoms with E-state index >= 15 is 0 Å². The maximum Gasteiger partial charge on any atom is 0.416 e. The molecule has 1 fully saturated rings. The zero-order valence-corrected chi connectivity index (χ0v) is 17.5. The molecule has 0 atom stereocenters. The molecule has 1 saturated heterocycles. The molecule has 0 radical (unpaired) electrons. The van der Waals surface area contributed by atoms with Gasteiger partial charge < -0.3 is 25.0 Å². The van der Waals surface area contributed by atoms with E-state index in [-0.39, 0.29) is 12.2 Å². The van der Waals surface area contributed by atoms with E-state index in [9.17, 15) is 18.0 Å². The molecular formula is C22H26F3N3O3. The largest absolute Gasteiger partial charge is 0.497 e. The minimum atomic E-state index is -4.46. The maximum absolute atomic E-state index is 13.2. The maximum atomic E-state index is 13.2. The molecule has 1 aliphatic rings. The van der Waals surface area contributed by atoms with Gasteiger partial charge in [-0.15, -0.1) is 0 Å². The first-order valence-corrected chi connectivity index (χ1v) is 10.0. The topological polar surface area (TPSA) is 62.8 Å². The number of ether oxygens (including phenoxy) is 2. The molecule has 0 saturated carbocycles. The third-order valence-electron chi connectivity index (χ3n) is 5.14. The summed E-state index contributed by atoms with van der Waals surface area (Å²) in [7, 11) is 2.99. The Balaban J connectivity index is 1.75. The Hall–Kier alpha value is -3.10. The molecule has 6 nitrogen and oxygen atoms in total. The van der Waals surface area contributed by atoms with Crippen LogP contribution in [0.4, 0.5) is 30.2 Å². The molecule has 9 heteroatoms. The number of nitrogens with zero attached hydrogens (tertiary/aromatic N) is 1. The van der Waals surface area contributed by atoms with E-state index in [0.29, 0.717) is 22.9 Å². The number of carbonyl (C=O) groups is 1. The van der Waals surface area contributed by atoms with Crippen molar-refractivity contribution in [3.05, 3.63) is 42.0 Å². The molecule has 2 N–H and O–H groups in total. The van der Waals surface area contributed by atoms with Crippen LogP contribution in [0.3, 0.4) is 0 Å². The van der Waals surface area contributed by atoms with E-state index in [0.717, 1.165) is 44.5 Å². The number of carbonyl (C=O) groups excluding carboxylic acids is 1. The van der Waals surface area contributed by atoms with Crippen molar-refractivity contribution in [2.24, 2.45) is 0 Å². The summed E-state index contributed by atoms with van der Waals surface area (Å²) in [6, 6.07) is 8.56. The van der Waals surface area contributed by atoms with E-state index in [1.54, 1.807) is 18.2 Å². The average molecular weight is 437 g/mol. The minimum Gasteiger partial charge on any atom is -0.497 e. The third kappa shape index (κ3) is 5.74. The van der Waals surface area contributed by atoms with Crippen LogP contribution >= 0.6 is 0 Å². The van der Waals surface area contributed by atoms with Gasteiger partial charge in [0.15, 0.2) is 0 Å². The first kappa shape index (κ1) is 22.6. The molecule has 1 heterocycles. The smallest absolute Gasteiger partial charge is 0.416 e. The lowest BCUT2D eigenvalue weighted by atomic mass is 10.1. The Bertz CT molecular complexity index is 913. The molecular weight excluding hydrogens is 411 g/mol. The second kappa shape index (κ2) is 9.80. The molecule has 0 aliphatic carbocycles. The van der Waals surface area contributed by atoms with Crippen molar-refractivity contribution in [2.75, 3.05) is 49.4 Å². The molecule has 31 heavy (non-hydrogen) atoms. The molecule has 2 aromatic carbocycles. The van der Waals surface area contributed by atoms with E-state index in [1.165, 1.54) is 20.3 Å². The zero-order valence-electron chi connectivity index (χ0n) is 17.5. The average Bonchev–Trinajstić information content (AvgIpc) is 2.77. The second-order valence-electron chi connectivity index (χ2n) is 7.25. The van der Waals surface area contributed by atoms with Gasteiger partial charge in [0.05, 0.1) is 43.4 Å². The highest BCUT2D eigenvalue weighted by Gasteiger charge is 2.31. The molecule has 0 aromatic heterocycles. The van der Waals surface area contributed by atoms with Crippen molar-refractivity contribution in [2.45, 2.75) is 25.4 Å². The van der Waals surface area contributed by atoms with Crippen molar-refractivity contribution in [3.63, 3.8) is 0 Å². The van der Waals surface area contributed by atoms with E-state index < -0.39 is 17.6 Å². The number of hydrogen-bond acceptors (Lipinski definition) is 5. The van der Waals surface area contributed by atoms with Crippen molar-refractivity contribution in [1.29, 1.82) is 0 Å². The summed E-state index contributed by atoms with van der Waals surface area (Å²) < 4.78 is 50.1. The first-order valence-electron chi connectivity index (χ1n) is 10.0. The van der Waals surface area contributed by atoms with Crippen molar-refractivity contribution in [3.8, 4) is 11.5 Å². The summed E-state index contributed by atoms with van der Waals surface area (Å²) in [5.41, 5.74) is 0.638. The predicted molar refractivity (Wildman–Crippen MR) is 114 cm³/mol. The van der Waals surface area contributed by atoms with Gasteiger partial charge in [-0.1, -0.05) is 0 Å². The SMILES string of the molecule is COc1ccc(NC(=O)CNc2cc(C(F)(F)F)ccc2N2CCCCC2)c(OC)c1. The van der Waals surface area contributed by atoms with Crippen LogP contribution in [0.25, 0.3) is 0 Å². The van der Waals surface area contributed by atoms with Crippen molar-refractivity contribution >= 4 is 23.0 Å². The number of rotatable bonds is 7. The molecule has 1 amide bonds. The Morgan fingerprint density at radius 1 is 1.00 bits per heavy atom. The van der Waals surface area contributed by atoms with Gasteiger partial charge in [0.1, 0.15) is 11.5 Å². The first-order chi connectivity index (χ1) is 14.8. The van der Waals surface area contributed by atoms with E-state index in [4.69, 9.17) is 9.47 Å². The number of nitrogens with one attached hydrogen (secondary N) is 2. The van der Waals surface area contributed by atoms with Gasteiger partial charge in [0.2, 0.25) is 5.91 Å². The van der Waals surface area contributed by atoms with Crippen LogP contribution in [0, 0.1) is 0 Å². The molecule has 1 aliphatic heterocycles. The fourth-order valence-corrected chi connectivity index (χ4v) is 3.54. The summed E-state index contributed by atoms with van der Waals surface area (Å²) in [5, 5.41) is 5.59. The Morgan fingerprint density at radius 2 is 1.74 bits per heavy atom. The number of piperidine rings is 1. The Labute approximate surface area is 179 Å². The van der Waals surface area contributed by atoms with E-state index in [1.807, 2.05) is 0 Å². The van der Waals surface area contributed by atoms with Gasteiger partial charge in [-0.25, -0.2) is 0 Å². The summed E-state index contributed by atoms with van der Waals surface area (Å²) in [4.78, 5) is 14.5. The minimum absolute atomic E-state index is 0.197. The highest BCUT2D eigenvalue weighted by atomic mass is 19.4. The standard InChI is InChI=1S/C22H26F3N3O3/c1-30-16-7-8-17(20(13-16)31-2)27-21(29)14-26-18-12-15(22(23,24)25)6-9-19(18)28-10-4-3-5-11-28/h6-9,12-13,26H,3-5,10-11,14H2,1-2H3,(H,27,29). The Kier molecular flexibility index (Phi) is 7.14. The Morgan fingerprint density at radius 3 is 2.39 bits per heavy atom. The van der Waals surface area contributed by atoms with Gasteiger partial charge in [-0.2, -0.15) is 13.2 Å². The highest BCUT2D eigenvalue weighted by molar-refractivity contribution is 5.95. The summed E-state index contributed by atoms with van der Waals surface area (Å²) >= 11 is 0. The molecule has 0 bridgehead atoms. The van der Waals surface area contributed by atoms with Gasteiger partial charge in [0.25, 0.3) is 0 Å². The molecule has 168 valence electrons. The fourth-order valence-electron chi connectivity index (χ4n) is 3.54. The summed E-state index contributed by atoms with van der Waals surface area (Å²) in [5.74, 6) is 0.578. The number of anilines is 3. The molecule has 3 rings (SSSR count). The van der Waals surface area contributed by atoms with Crippen LogP contribution in [-0.4, -0.2) is 39.8 Å². The van der Waals surface area contributed by atoms with E-state index in [2.05, 4.69) is 15.5 Å². The van der Waals surface area contributed by atoms with Crippen LogP contribution in [0.5, 0.6) is 11.5 Å². The number of amides is 1. The van der Waals surface area contributed by atoms with Gasteiger partial charge in [-0.3, -0.25) is 4.79 Å². The number of alkyl halides is 3. The van der Waals surface area contributed by atoms with Crippen LogP contribution in [0.1, 0.15) is 24.8 Å².